The van der Waals surface area contributed by atoms with E-state index in [0.717, 1.165) is 17.8 Å². The Kier molecular flexibility index (Phi) is 5.91. The first kappa shape index (κ1) is 17.5. The number of esters is 1. The molecule has 0 saturated carbocycles. The second-order valence-corrected chi connectivity index (χ2v) is 5.55. The van der Waals surface area contributed by atoms with Crippen LogP contribution in [0.15, 0.2) is 59.1 Å². The Morgan fingerprint density at radius 2 is 2.08 bits per heavy atom. The third-order valence-corrected chi connectivity index (χ3v) is 3.95. The first-order valence-electron chi connectivity index (χ1n) is 6.90. The molecule has 1 fully saturated rings. The molecule has 0 spiro atoms. The van der Waals surface area contributed by atoms with Crippen LogP contribution in [-0.2, 0) is 14.3 Å². The Hall–Kier alpha value is -2.87. The average molecular weight is 345 g/mol. The molecule has 0 atom stereocenters. The lowest BCUT2D eigenvalue weighted by molar-refractivity contribution is -0.135. The monoisotopic (exact) mass is 345 g/mol. The van der Waals surface area contributed by atoms with Crippen LogP contribution in [0, 0.1) is 0 Å². The van der Waals surface area contributed by atoms with Gasteiger partial charge in [0.25, 0.3) is 11.8 Å². The Bertz CT molecular complexity index is 728. The third kappa shape index (κ3) is 4.11. The number of carbonyl (C=O) groups excluding carboxylic acids is 3. The second kappa shape index (κ2) is 8.11. The van der Waals surface area contributed by atoms with Gasteiger partial charge in [-0.3, -0.25) is 14.5 Å². The SMILES string of the molecule is C=CCN1C(=O)/C(=C\C(=O)OC)S/C1=N/NC(=O)c1ccccc1. The predicted molar refractivity (Wildman–Crippen MR) is 90.9 cm³/mol. The zero-order valence-corrected chi connectivity index (χ0v) is 13.7. The van der Waals surface area contributed by atoms with Gasteiger partial charge in [-0.1, -0.05) is 24.3 Å². The summed E-state index contributed by atoms with van der Waals surface area (Å²) in [6.07, 6.45) is 2.61. The molecule has 1 saturated heterocycles. The van der Waals surface area contributed by atoms with E-state index in [2.05, 4.69) is 21.8 Å². The quantitative estimate of drug-likeness (QED) is 0.378. The summed E-state index contributed by atoms with van der Waals surface area (Å²) in [7, 11) is 1.22. The number of hydrogen-bond acceptors (Lipinski definition) is 6. The lowest BCUT2D eigenvalue weighted by atomic mass is 10.2. The summed E-state index contributed by atoms with van der Waals surface area (Å²) in [5.41, 5.74) is 2.84. The van der Waals surface area contributed by atoms with Crippen molar-refractivity contribution in [2.75, 3.05) is 13.7 Å². The van der Waals surface area contributed by atoms with Gasteiger partial charge in [0.2, 0.25) is 0 Å². The molecule has 2 rings (SSSR count). The fourth-order valence-corrected chi connectivity index (χ4v) is 2.71. The molecule has 1 N–H and O–H groups in total. The van der Waals surface area contributed by atoms with Gasteiger partial charge in [0.1, 0.15) is 0 Å². The molecule has 1 aromatic carbocycles. The van der Waals surface area contributed by atoms with E-state index >= 15 is 0 Å². The number of methoxy groups -OCH3 is 1. The molecule has 1 heterocycles. The van der Waals surface area contributed by atoms with Crippen molar-refractivity contribution in [3.05, 3.63) is 59.5 Å². The van der Waals surface area contributed by atoms with Crippen LogP contribution >= 0.6 is 11.8 Å². The van der Waals surface area contributed by atoms with Crippen LogP contribution in [0.4, 0.5) is 0 Å². The molecular weight excluding hydrogens is 330 g/mol. The minimum absolute atomic E-state index is 0.163. The maximum Gasteiger partial charge on any atom is 0.331 e. The molecule has 0 radical (unpaired) electrons. The fraction of sp³-hybridized carbons (Fsp3) is 0.125. The third-order valence-electron chi connectivity index (χ3n) is 2.94. The average Bonchev–Trinajstić information content (AvgIpc) is 2.89. The Morgan fingerprint density at radius 3 is 2.71 bits per heavy atom. The number of benzene rings is 1. The zero-order valence-electron chi connectivity index (χ0n) is 12.9. The van der Waals surface area contributed by atoms with Crippen molar-refractivity contribution in [2.45, 2.75) is 0 Å². The van der Waals surface area contributed by atoms with Gasteiger partial charge < -0.3 is 4.74 Å². The summed E-state index contributed by atoms with van der Waals surface area (Å²) in [4.78, 5) is 37.1. The second-order valence-electron chi connectivity index (χ2n) is 4.54. The minimum Gasteiger partial charge on any atom is -0.466 e. The lowest BCUT2D eigenvalue weighted by Gasteiger charge is -2.12. The van der Waals surface area contributed by atoms with E-state index in [1.165, 1.54) is 18.1 Å². The Morgan fingerprint density at radius 1 is 1.38 bits per heavy atom. The van der Waals surface area contributed by atoms with Crippen molar-refractivity contribution in [2.24, 2.45) is 5.10 Å². The molecule has 7 nitrogen and oxygen atoms in total. The van der Waals surface area contributed by atoms with Gasteiger partial charge in [-0.05, 0) is 23.9 Å². The number of thioether (sulfide) groups is 1. The molecule has 124 valence electrons. The number of hydrogen-bond donors (Lipinski definition) is 1. The highest BCUT2D eigenvalue weighted by atomic mass is 32.2. The predicted octanol–water partition coefficient (Wildman–Crippen LogP) is 1.51. The number of rotatable bonds is 5. The highest BCUT2D eigenvalue weighted by molar-refractivity contribution is 8.18. The lowest BCUT2D eigenvalue weighted by Crippen LogP contribution is -2.31. The summed E-state index contributed by atoms with van der Waals surface area (Å²) in [5, 5.41) is 4.23. The zero-order chi connectivity index (χ0) is 17.5. The summed E-state index contributed by atoms with van der Waals surface area (Å²) in [6, 6.07) is 8.55. The standard InChI is InChI=1S/C16H15N3O4S/c1-3-9-19-15(22)12(10-13(20)23-2)24-16(19)18-17-14(21)11-7-5-4-6-8-11/h3-8,10H,1,9H2,2H3,(H,17,21)/b12-10+,18-16+. The molecule has 0 unspecified atom stereocenters. The molecule has 24 heavy (non-hydrogen) atoms. The number of hydrazone groups is 1. The van der Waals surface area contributed by atoms with E-state index in [9.17, 15) is 14.4 Å². The Balaban J connectivity index is 2.18. The fourth-order valence-electron chi connectivity index (χ4n) is 1.80. The maximum atomic E-state index is 12.3. The van der Waals surface area contributed by atoms with Crippen molar-refractivity contribution >= 4 is 34.7 Å². The number of amides is 2. The molecule has 0 bridgehead atoms. The van der Waals surface area contributed by atoms with E-state index in [1.54, 1.807) is 30.3 Å². The van der Waals surface area contributed by atoms with Crippen LogP contribution in [0.25, 0.3) is 0 Å². The molecule has 1 aromatic rings. The van der Waals surface area contributed by atoms with Crippen molar-refractivity contribution in [3.63, 3.8) is 0 Å². The van der Waals surface area contributed by atoms with Crippen LogP contribution in [0.1, 0.15) is 10.4 Å². The number of ether oxygens (including phenoxy) is 1. The first-order chi connectivity index (χ1) is 11.6. The molecule has 0 aliphatic carbocycles. The van der Waals surface area contributed by atoms with Crippen LogP contribution < -0.4 is 5.43 Å². The van der Waals surface area contributed by atoms with Crippen LogP contribution in [-0.4, -0.2) is 41.5 Å². The number of nitrogens with zero attached hydrogens (tertiary/aromatic N) is 2. The molecule has 1 aliphatic heterocycles. The topological polar surface area (TPSA) is 88.1 Å². The molecule has 8 heteroatoms. The largest absolute Gasteiger partial charge is 0.466 e. The maximum absolute atomic E-state index is 12.3. The van der Waals surface area contributed by atoms with Crippen LogP contribution in [0.5, 0.6) is 0 Å². The van der Waals surface area contributed by atoms with Crippen LogP contribution in [0.3, 0.4) is 0 Å². The van der Waals surface area contributed by atoms with E-state index in [-0.39, 0.29) is 16.6 Å². The van der Waals surface area contributed by atoms with E-state index in [0.29, 0.717) is 5.56 Å². The van der Waals surface area contributed by atoms with Gasteiger partial charge in [0.15, 0.2) is 5.17 Å². The summed E-state index contributed by atoms with van der Waals surface area (Å²) in [5.74, 6) is -1.45. The van der Waals surface area contributed by atoms with Crippen LogP contribution in [0.2, 0.25) is 0 Å². The van der Waals surface area contributed by atoms with Crippen molar-refractivity contribution in [1.82, 2.24) is 10.3 Å². The van der Waals surface area contributed by atoms with Gasteiger partial charge in [0, 0.05) is 18.2 Å². The first-order valence-corrected chi connectivity index (χ1v) is 7.71. The van der Waals surface area contributed by atoms with Gasteiger partial charge >= 0.3 is 5.97 Å². The molecule has 0 aromatic heterocycles. The van der Waals surface area contributed by atoms with Gasteiger partial charge in [-0.2, -0.15) is 0 Å². The van der Waals surface area contributed by atoms with Crippen molar-refractivity contribution in [1.29, 1.82) is 0 Å². The number of nitrogens with one attached hydrogen (secondary N) is 1. The van der Waals surface area contributed by atoms with Gasteiger partial charge in [-0.25, -0.2) is 10.2 Å². The molecule has 1 aliphatic rings. The summed E-state index contributed by atoms with van der Waals surface area (Å²) >= 11 is 0.972. The number of amidine groups is 1. The van der Waals surface area contributed by atoms with Crippen molar-refractivity contribution < 1.29 is 19.1 Å². The minimum atomic E-state index is -0.640. The van der Waals surface area contributed by atoms with Gasteiger partial charge in [-0.15, -0.1) is 11.7 Å². The van der Waals surface area contributed by atoms with Crippen molar-refractivity contribution in [3.8, 4) is 0 Å². The smallest absolute Gasteiger partial charge is 0.331 e. The Labute approximate surface area is 143 Å². The molecular formula is C16H15N3O4S. The van der Waals surface area contributed by atoms with E-state index in [1.807, 2.05) is 0 Å². The normalized spacial score (nSPS) is 17.2. The highest BCUT2D eigenvalue weighted by Crippen LogP contribution is 2.30. The summed E-state index contributed by atoms with van der Waals surface area (Å²) in [6.45, 7) is 3.78. The number of carbonyl (C=O) groups is 3. The molecule has 2 amide bonds. The van der Waals surface area contributed by atoms with E-state index in [4.69, 9.17) is 0 Å². The summed E-state index contributed by atoms with van der Waals surface area (Å²) < 4.78 is 4.52. The van der Waals surface area contributed by atoms with E-state index < -0.39 is 17.8 Å². The van der Waals surface area contributed by atoms with Gasteiger partial charge in [0.05, 0.1) is 12.0 Å². The highest BCUT2D eigenvalue weighted by Gasteiger charge is 2.33.